The van der Waals surface area contributed by atoms with Gasteiger partial charge in [-0.3, -0.25) is 9.59 Å². The average molecular weight is 475 g/mol. The number of anilines is 2. The van der Waals surface area contributed by atoms with E-state index in [0.717, 1.165) is 22.1 Å². The number of nitrogens with zero attached hydrogens (tertiary/aromatic N) is 4. The van der Waals surface area contributed by atoms with Gasteiger partial charge >= 0.3 is 0 Å². The van der Waals surface area contributed by atoms with Crippen LogP contribution in [0.1, 0.15) is 34.8 Å². The molecule has 0 unspecified atom stereocenters. The van der Waals surface area contributed by atoms with Crippen molar-refractivity contribution in [3.05, 3.63) is 108 Å². The maximum Gasteiger partial charge on any atom is 0.276 e. The number of amides is 2. The summed E-state index contributed by atoms with van der Waals surface area (Å²) in [4.78, 5) is 39.7. The molecule has 6 nitrogen and oxygen atoms in total. The van der Waals surface area contributed by atoms with Crippen LogP contribution in [0.4, 0.5) is 11.4 Å². The quantitative estimate of drug-likeness (QED) is 0.278. The van der Waals surface area contributed by atoms with Crippen molar-refractivity contribution in [1.29, 1.82) is 0 Å². The molecule has 3 aromatic carbocycles. The smallest absolute Gasteiger partial charge is 0.276 e. The van der Waals surface area contributed by atoms with Gasteiger partial charge in [0.15, 0.2) is 0 Å². The first-order valence-electron chi connectivity index (χ1n) is 12.0. The molecule has 2 heterocycles. The monoisotopic (exact) mass is 474 g/mol. The number of carbonyl (C=O) groups is 2. The molecular formula is C30H26N4O2. The third kappa shape index (κ3) is 4.29. The maximum atomic E-state index is 13.4. The van der Waals surface area contributed by atoms with Gasteiger partial charge in [-0.15, -0.1) is 0 Å². The zero-order valence-electron chi connectivity index (χ0n) is 20.3. The summed E-state index contributed by atoms with van der Waals surface area (Å²) >= 11 is 0. The van der Waals surface area contributed by atoms with E-state index < -0.39 is 0 Å². The Morgan fingerprint density at radius 1 is 0.556 bits per heavy atom. The molecule has 36 heavy (non-hydrogen) atoms. The molecule has 2 amide bonds. The minimum absolute atomic E-state index is 0.184. The van der Waals surface area contributed by atoms with Gasteiger partial charge in [0.1, 0.15) is 11.4 Å². The minimum atomic E-state index is -0.184. The van der Waals surface area contributed by atoms with Gasteiger partial charge in [-0.1, -0.05) is 60.7 Å². The van der Waals surface area contributed by atoms with Crippen molar-refractivity contribution in [2.75, 3.05) is 22.9 Å². The van der Waals surface area contributed by atoms with E-state index in [-0.39, 0.29) is 11.8 Å². The molecule has 5 rings (SSSR count). The minimum Gasteiger partial charge on any atom is -0.307 e. The normalized spacial score (nSPS) is 10.9. The lowest BCUT2D eigenvalue weighted by Crippen LogP contribution is -2.31. The molecule has 0 saturated carbocycles. The van der Waals surface area contributed by atoms with Crippen LogP contribution >= 0.6 is 0 Å². The van der Waals surface area contributed by atoms with E-state index in [1.165, 1.54) is 0 Å². The Balaban J connectivity index is 1.58. The van der Waals surface area contributed by atoms with E-state index in [1.807, 2.05) is 98.8 Å². The molecule has 0 bridgehead atoms. The van der Waals surface area contributed by atoms with Gasteiger partial charge in [-0.2, -0.15) is 0 Å². The standard InChI is InChI=1S/C30H26N4O2/c1-3-33(23-11-7-5-8-12-23)29(35)25-19-17-21-15-16-22-18-20-26(32-28(22)27(21)31-25)30(36)34(4-2)24-13-9-6-10-14-24/h5-20H,3-4H2,1-2H3. The fraction of sp³-hybridized carbons (Fsp3) is 0.133. The molecule has 0 atom stereocenters. The van der Waals surface area contributed by atoms with Crippen LogP contribution in [0.3, 0.4) is 0 Å². The fourth-order valence-electron chi connectivity index (χ4n) is 4.39. The SMILES string of the molecule is CCN(C(=O)c1ccc2ccc3ccc(C(=O)N(CC)c4ccccc4)nc3c2n1)c1ccccc1. The molecule has 0 spiro atoms. The number of carbonyl (C=O) groups excluding carboxylic acids is 2. The van der Waals surface area contributed by atoms with Crippen LogP contribution in [0.5, 0.6) is 0 Å². The molecule has 0 saturated heterocycles. The topological polar surface area (TPSA) is 66.4 Å². The van der Waals surface area contributed by atoms with Crippen LogP contribution in [-0.2, 0) is 0 Å². The van der Waals surface area contributed by atoms with Gasteiger partial charge in [0, 0.05) is 35.2 Å². The molecule has 178 valence electrons. The number of aromatic nitrogens is 2. The molecule has 6 heteroatoms. The summed E-state index contributed by atoms with van der Waals surface area (Å²) < 4.78 is 0. The second-order valence-electron chi connectivity index (χ2n) is 8.37. The molecular weight excluding hydrogens is 448 g/mol. The molecule has 5 aromatic rings. The summed E-state index contributed by atoms with van der Waals surface area (Å²) in [5.74, 6) is -0.368. The van der Waals surface area contributed by atoms with Crippen molar-refractivity contribution >= 4 is 45.0 Å². The average Bonchev–Trinajstić information content (AvgIpc) is 2.94. The van der Waals surface area contributed by atoms with E-state index in [4.69, 9.17) is 9.97 Å². The van der Waals surface area contributed by atoms with E-state index in [2.05, 4.69) is 0 Å². The highest BCUT2D eigenvalue weighted by Gasteiger charge is 2.20. The Morgan fingerprint density at radius 3 is 1.28 bits per heavy atom. The molecule has 0 radical (unpaired) electrons. The Morgan fingerprint density at radius 2 is 0.917 bits per heavy atom. The number of benzene rings is 3. The van der Waals surface area contributed by atoms with E-state index >= 15 is 0 Å². The third-order valence-electron chi connectivity index (χ3n) is 6.22. The van der Waals surface area contributed by atoms with Gasteiger partial charge in [0.05, 0.1) is 11.0 Å². The Labute approximate surface area is 209 Å². The van der Waals surface area contributed by atoms with Gasteiger partial charge in [0.25, 0.3) is 11.8 Å². The van der Waals surface area contributed by atoms with Crippen LogP contribution in [0.15, 0.2) is 97.1 Å². The third-order valence-corrected chi connectivity index (χ3v) is 6.22. The first-order valence-corrected chi connectivity index (χ1v) is 12.0. The number of fused-ring (bicyclic) bond motifs is 3. The van der Waals surface area contributed by atoms with Crippen molar-refractivity contribution in [3.63, 3.8) is 0 Å². The van der Waals surface area contributed by atoms with Crippen molar-refractivity contribution in [1.82, 2.24) is 9.97 Å². The van der Waals surface area contributed by atoms with Crippen molar-refractivity contribution in [3.8, 4) is 0 Å². The molecule has 2 aromatic heterocycles. The predicted octanol–water partition coefficient (Wildman–Crippen LogP) is 6.12. The zero-order chi connectivity index (χ0) is 25.1. The van der Waals surface area contributed by atoms with E-state index in [1.54, 1.807) is 21.9 Å². The van der Waals surface area contributed by atoms with Gasteiger partial charge in [-0.05, 0) is 50.2 Å². The summed E-state index contributed by atoms with van der Waals surface area (Å²) in [6.45, 7) is 4.91. The highest BCUT2D eigenvalue weighted by Crippen LogP contribution is 2.25. The number of para-hydroxylation sites is 2. The van der Waals surface area contributed by atoms with Crippen molar-refractivity contribution < 1.29 is 9.59 Å². The first kappa shape index (κ1) is 23.2. The number of pyridine rings is 2. The summed E-state index contributed by atoms with van der Waals surface area (Å²) in [6.07, 6.45) is 0. The van der Waals surface area contributed by atoms with Crippen LogP contribution in [0.25, 0.3) is 21.8 Å². The summed E-state index contributed by atoms with van der Waals surface area (Å²) in [7, 11) is 0. The largest absolute Gasteiger partial charge is 0.307 e. The van der Waals surface area contributed by atoms with Crippen LogP contribution in [-0.4, -0.2) is 34.9 Å². The summed E-state index contributed by atoms with van der Waals surface area (Å²) in [5, 5.41) is 1.71. The maximum absolute atomic E-state index is 13.4. The lowest BCUT2D eigenvalue weighted by atomic mass is 10.1. The van der Waals surface area contributed by atoms with Crippen molar-refractivity contribution in [2.24, 2.45) is 0 Å². The summed E-state index contributed by atoms with van der Waals surface area (Å²) in [5.41, 5.74) is 3.49. The van der Waals surface area contributed by atoms with E-state index in [9.17, 15) is 9.59 Å². The zero-order valence-corrected chi connectivity index (χ0v) is 20.3. The number of hydrogen-bond acceptors (Lipinski definition) is 4. The lowest BCUT2D eigenvalue weighted by molar-refractivity contribution is 0.0976. The number of hydrogen-bond donors (Lipinski definition) is 0. The molecule has 0 fully saturated rings. The second kappa shape index (κ2) is 9.96. The second-order valence-corrected chi connectivity index (χ2v) is 8.37. The van der Waals surface area contributed by atoms with Crippen LogP contribution in [0.2, 0.25) is 0 Å². The van der Waals surface area contributed by atoms with Gasteiger partial charge in [-0.25, -0.2) is 9.97 Å². The summed E-state index contributed by atoms with van der Waals surface area (Å²) in [6, 6.07) is 30.3. The molecule has 0 N–H and O–H groups in total. The van der Waals surface area contributed by atoms with E-state index in [0.29, 0.717) is 35.5 Å². The lowest BCUT2D eigenvalue weighted by Gasteiger charge is -2.21. The first-order chi connectivity index (χ1) is 17.6. The van der Waals surface area contributed by atoms with Crippen molar-refractivity contribution in [2.45, 2.75) is 13.8 Å². The van der Waals surface area contributed by atoms with Gasteiger partial charge in [0.2, 0.25) is 0 Å². The Bertz CT molecular complexity index is 1430. The molecule has 0 aliphatic heterocycles. The van der Waals surface area contributed by atoms with Crippen LogP contribution in [0, 0.1) is 0 Å². The fourth-order valence-corrected chi connectivity index (χ4v) is 4.39. The Kier molecular flexibility index (Phi) is 6.41. The highest BCUT2D eigenvalue weighted by atomic mass is 16.2. The van der Waals surface area contributed by atoms with Crippen LogP contribution < -0.4 is 9.80 Å². The van der Waals surface area contributed by atoms with Gasteiger partial charge < -0.3 is 9.80 Å². The molecule has 0 aliphatic rings. The highest BCUT2D eigenvalue weighted by molar-refractivity contribution is 6.10. The Hall–Kier alpha value is -4.58. The molecule has 0 aliphatic carbocycles. The number of rotatable bonds is 6. The predicted molar refractivity (Wildman–Crippen MR) is 145 cm³/mol.